The summed E-state index contributed by atoms with van der Waals surface area (Å²) in [4.78, 5) is 15.8. The van der Waals surface area contributed by atoms with Crippen LogP contribution in [-0.2, 0) is 6.42 Å². The van der Waals surface area contributed by atoms with Gasteiger partial charge in [-0.05, 0) is 58.2 Å². The highest BCUT2D eigenvalue weighted by Crippen LogP contribution is 2.17. The lowest BCUT2D eigenvalue weighted by Crippen LogP contribution is -2.26. The Labute approximate surface area is 119 Å². The molecule has 5 heteroatoms. The van der Waals surface area contributed by atoms with Crippen molar-refractivity contribution in [3.05, 3.63) is 64.1 Å². The number of carbonyl (C=O) groups excluding carboxylic acids is 1. The molecule has 2 rings (SSSR count). The van der Waals surface area contributed by atoms with E-state index in [0.29, 0.717) is 23.0 Å². The van der Waals surface area contributed by atoms with E-state index in [0.717, 1.165) is 5.56 Å². The number of hydrogen-bond acceptors (Lipinski definition) is 2. The van der Waals surface area contributed by atoms with Crippen LogP contribution in [0.4, 0.5) is 4.39 Å². The topological polar surface area (TPSA) is 42.0 Å². The van der Waals surface area contributed by atoms with Gasteiger partial charge in [0.15, 0.2) is 0 Å². The Morgan fingerprint density at radius 3 is 2.74 bits per heavy atom. The SMILES string of the molecule is O=C(NCCc1ccncc1)c1cc(F)ccc1Br. The smallest absolute Gasteiger partial charge is 0.252 e. The lowest BCUT2D eigenvalue weighted by Gasteiger charge is -2.07. The predicted octanol–water partition coefficient (Wildman–Crippen LogP) is 2.96. The molecule has 19 heavy (non-hydrogen) atoms. The lowest BCUT2D eigenvalue weighted by atomic mass is 10.2. The second-order valence-corrected chi connectivity index (χ2v) is 4.84. The largest absolute Gasteiger partial charge is 0.352 e. The molecule has 0 spiro atoms. The Hall–Kier alpha value is -1.75. The van der Waals surface area contributed by atoms with Crippen LogP contribution in [0.2, 0.25) is 0 Å². The maximum atomic E-state index is 13.1. The molecule has 1 aromatic heterocycles. The van der Waals surface area contributed by atoms with E-state index in [9.17, 15) is 9.18 Å². The summed E-state index contributed by atoms with van der Waals surface area (Å²) < 4.78 is 13.7. The minimum Gasteiger partial charge on any atom is -0.352 e. The molecule has 1 N–H and O–H groups in total. The molecule has 0 radical (unpaired) electrons. The fraction of sp³-hybridized carbons (Fsp3) is 0.143. The van der Waals surface area contributed by atoms with Gasteiger partial charge in [0.2, 0.25) is 0 Å². The van der Waals surface area contributed by atoms with Crippen LogP contribution in [-0.4, -0.2) is 17.4 Å². The molecule has 0 aliphatic carbocycles. The number of carbonyl (C=O) groups is 1. The van der Waals surface area contributed by atoms with Gasteiger partial charge in [0, 0.05) is 23.4 Å². The van der Waals surface area contributed by atoms with Gasteiger partial charge in [0.1, 0.15) is 5.82 Å². The highest BCUT2D eigenvalue weighted by atomic mass is 79.9. The van der Waals surface area contributed by atoms with Gasteiger partial charge in [-0.1, -0.05) is 0 Å². The van der Waals surface area contributed by atoms with Crippen LogP contribution in [0.15, 0.2) is 47.2 Å². The summed E-state index contributed by atoms with van der Waals surface area (Å²) in [6, 6.07) is 7.82. The number of benzene rings is 1. The Kier molecular flexibility index (Phi) is 4.63. The van der Waals surface area contributed by atoms with Crippen molar-refractivity contribution in [1.82, 2.24) is 10.3 Å². The zero-order chi connectivity index (χ0) is 13.7. The van der Waals surface area contributed by atoms with Gasteiger partial charge in [-0.3, -0.25) is 9.78 Å². The summed E-state index contributed by atoms with van der Waals surface area (Å²) in [5.74, 6) is -0.720. The first-order valence-electron chi connectivity index (χ1n) is 5.79. The third-order valence-electron chi connectivity index (χ3n) is 2.62. The van der Waals surface area contributed by atoms with Crippen molar-refractivity contribution < 1.29 is 9.18 Å². The molecule has 1 amide bonds. The average Bonchev–Trinajstić information content (AvgIpc) is 2.42. The van der Waals surface area contributed by atoms with Crippen molar-refractivity contribution >= 4 is 21.8 Å². The van der Waals surface area contributed by atoms with E-state index in [1.54, 1.807) is 12.4 Å². The number of aromatic nitrogens is 1. The van der Waals surface area contributed by atoms with Gasteiger partial charge in [0.25, 0.3) is 5.91 Å². The molecule has 98 valence electrons. The van der Waals surface area contributed by atoms with Crippen LogP contribution in [0.1, 0.15) is 15.9 Å². The van der Waals surface area contributed by atoms with Gasteiger partial charge < -0.3 is 5.32 Å². The Bertz CT molecular complexity index is 575. The Morgan fingerprint density at radius 2 is 2.00 bits per heavy atom. The predicted molar refractivity (Wildman–Crippen MR) is 74.4 cm³/mol. The first-order valence-corrected chi connectivity index (χ1v) is 6.58. The molecule has 0 saturated heterocycles. The van der Waals surface area contributed by atoms with Crippen molar-refractivity contribution in [2.24, 2.45) is 0 Å². The van der Waals surface area contributed by atoms with E-state index in [1.165, 1.54) is 18.2 Å². The third-order valence-corrected chi connectivity index (χ3v) is 3.31. The van der Waals surface area contributed by atoms with Crippen molar-refractivity contribution in [2.75, 3.05) is 6.54 Å². The molecule has 3 nitrogen and oxygen atoms in total. The maximum absolute atomic E-state index is 13.1. The van der Waals surface area contributed by atoms with Gasteiger partial charge in [0.05, 0.1) is 5.56 Å². The number of rotatable bonds is 4. The molecular weight excluding hydrogens is 311 g/mol. The van der Waals surface area contributed by atoms with E-state index >= 15 is 0 Å². The van der Waals surface area contributed by atoms with Crippen molar-refractivity contribution in [3.8, 4) is 0 Å². The van der Waals surface area contributed by atoms with Crippen molar-refractivity contribution in [2.45, 2.75) is 6.42 Å². The van der Waals surface area contributed by atoms with Gasteiger partial charge in [-0.15, -0.1) is 0 Å². The van der Waals surface area contributed by atoms with Crippen LogP contribution in [0.25, 0.3) is 0 Å². The van der Waals surface area contributed by atoms with Crippen LogP contribution < -0.4 is 5.32 Å². The second-order valence-electron chi connectivity index (χ2n) is 3.99. The van der Waals surface area contributed by atoms with Crippen molar-refractivity contribution in [3.63, 3.8) is 0 Å². The number of halogens is 2. The third kappa shape index (κ3) is 3.86. The number of nitrogens with zero attached hydrogens (tertiary/aromatic N) is 1. The van der Waals surface area contributed by atoms with Gasteiger partial charge >= 0.3 is 0 Å². The van der Waals surface area contributed by atoms with Gasteiger partial charge in [-0.2, -0.15) is 0 Å². The number of amides is 1. The van der Waals surface area contributed by atoms with Crippen LogP contribution in [0, 0.1) is 5.82 Å². The highest BCUT2D eigenvalue weighted by molar-refractivity contribution is 9.10. The quantitative estimate of drug-likeness (QED) is 0.940. The van der Waals surface area contributed by atoms with E-state index < -0.39 is 5.82 Å². The minimum atomic E-state index is -0.428. The zero-order valence-electron chi connectivity index (χ0n) is 10.1. The normalized spacial score (nSPS) is 10.2. The van der Waals surface area contributed by atoms with Crippen LogP contribution in [0.3, 0.4) is 0 Å². The fourth-order valence-electron chi connectivity index (χ4n) is 1.64. The summed E-state index contributed by atoms with van der Waals surface area (Å²) in [7, 11) is 0. The molecule has 0 fully saturated rings. The number of hydrogen-bond donors (Lipinski definition) is 1. The van der Waals surface area contributed by atoms with E-state index in [4.69, 9.17) is 0 Å². The average molecular weight is 323 g/mol. The molecule has 0 unspecified atom stereocenters. The van der Waals surface area contributed by atoms with Crippen LogP contribution >= 0.6 is 15.9 Å². The van der Waals surface area contributed by atoms with E-state index in [1.807, 2.05) is 12.1 Å². The molecule has 0 atom stereocenters. The molecule has 0 aliphatic heterocycles. The molecule has 0 saturated carbocycles. The molecule has 1 heterocycles. The standard InChI is InChI=1S/C14H12BrFN2O/c15-13-2-1-11(16)9-12(13)14(19)18-8-5-10-3-6-17-7-4-10/h1-4,6-7,9H,5,8H2,(H,18,19). The molecule has 2 aromatic rings. The summed E-state index contributed by atoms with van der Waals surface area (Å²) in [6.07, 6.45) is 4.13. The first-order chi connectivity index (χ1) is 9.16. The molecule has 0 aliphatic rings. The monoisotopic (exact) mass is 322 g/mol. The van der Waals surface area contributed by atoms with E-state index in [-0.39, 0.29) is 5.91 Å². The summed E-state index contributed by atoms with van der Waals surface area (Å²) >= 11 is 3.23. The second kappa shape index (κ2) is 6.43. The molecule has 0 bridgehead atoms. The van der Waals surface area contributed by atoms with Crippen LogP contribution in [0.5, 0.6) is 0 Å². The lowest BCUT2D eigenvalue weighted by molar-refractivity contribution is 0.0953. The highest BCUT2D eigenvalue weighted by Gasteiger charge is 2.10. The minimum absolute atomic E-state index is 0.291. The number of pyridine rings is 1. The van der Waals surface area contributed by atoms with Gasteiger partial charge in [-0.25, -0.2) is 4.39 Å². The molecular formula is C14H12BrFN2O. The zero-order valence-corrected chi connectivity index (χ0v) is 11.7. The summed E-state index contributed by atoms with van der Waals surface area (Å²) in [6.45, 7) is 0.492. The number of nitrogens with one attached hydrogen (secondary N) is 1. The van der Waals surface area contributed by atoms with E-state index in [2.05, 4.69) is 26.2 Å². The summed E-state index contributed by atoms with van der Waals surface area (Å²) in [5.41, 5.74) is 1.39. The maximum Gasteiger partial charge on any atom is 0.252 e. The Morgan fingerprint density at radius 1 is 1.26 bits per heavy atom. The van der Waals surface area contributed by atoms with Crippen molar-refractivity contribution in [1.29, 1.82) is 0 Å². The summed E-state index contributed by atoms with van der Waals surface area (Å²) in [5, 5.41) is 2.76. The molecule has 1 aromatic carbocycles. The fourth-order valence-corrected chi connectivity index (χ4v) is 2.06. The Balaban J connectivity index is 1.93. The first kappa shape index (κ1) is 13.7.